The van der Waals surface area contributed by atoms with Crippen molar-refractivity contribution in [1.29, 1.82) is 0 Å². The third-order valence-corrected chi connectivity index (χ3v) is 2.47. The maximum Gasteiger partial charge on any atom is 0.0587 e. The van der Waals surface area contributed by atoms with Gasteiger partial charge in [0.25, 0.3) is 0 Å². The Kier molecular flexibility index (Phi) is 6.12. The zero-order valence-electron chi connectivity index (χ0n) is 9.83. The van der Waals surface area contributed by atoms with Crippen LogP contribution in [0.25, 0.3) is 0 Å². The molecule has 1 aromatic heterocycles. The first-order chi connectivity index (χ1) is 7.38. The van der Waals surface area contributed by atoms with Gasteiger partial charge in [-0.15, -0.1) is 0 Å². The molecule has 1 heterocycles. The molecule has 0 radical (unpaired) electrons. The fraction of sp³-hybridized carbons (Fsp3) is 0.667. The molecule has 0 aliphatic heterocycles. The molecule has 0 aliphatic carbocycles. The lowest BCUT2D eigenvalue weighted by Crippen LogP contribution is -2.20. The van der Waals surface area contributed by atoms with Crippen LogP contribution < -0.4 is 5.32 Å². The van der Waals surface area contributed by atoms with E-state index in [1.54, 1.807) is 7.11 Å². The Morgan fingerprint density at radius 3 is 3.07 bits per heavy atom. The van der Waals surface area contributed by atoms with Gasteiger partial charge in [-0.1, -0.05) is 13.3 Å². The van der Waals surface area contributed by atoms with E-state index in [2.05, 4.69) is 35.1 Å². The first kappa shape index (κ1) is 12.3. The van der Waals surface area contributed by atoms with Gasteiger partial charge in [0.15, 0.2) is 0 Å². The van der Waals surface area contributed by atoms with Gasteiger partial charge in [0.2, 0.25) is 0 Å². The van der Waals surface area contributed by atoms with E-state index in [0.29, 0.717) is 0 Å². The minimum absolute atomic E-state index is 0.773. The third kappa shape index (κ3) is 4.49. The van der Waals surface area contributed by atoms with Crippen molar-refractivity contribution in [2.24, 2.45) is 0 Å². The number of hydrogen-bond acceptors (Lipinski definition) is 2. The lowest BCUT2D eigenvalue weighted by molar-refractivity contribution is 0.199. The molecule has 1 N–H and O–H groups in total. The molecule has 1 aromatic rings. The van der Waals surface area contributed by atoms with Gasteiger partial charge in [0.1, 0.15) is 0 Å². The van der Waals surface area contributed by atoms with Gasteiger partial charge < -0.3 is 14.6 Å². The Morgan fingerprint density at radius 1 is 1.47 bits per heavy atom. The topological polar surface area (TPSA) is 26.2 Å². The van der Waals surface area contributed by atoms with Crippen LogP contribution in [0.15, 0.2) is 18.3 Å². The zero-order chi connectivity index (χ0) is 10.9. The SMILES string of the molecule is CCCCn1cccc1CNCCOC. The van der Waals surface area contributed by atoms with E-state index in [1.165, 1.54) is 18.5 Å². The van der Waals surface area contributed by atoms with Crippen LogP contribution in [0.2, 0.25) is 0 Å². The highest BCUT2D eigenvalue weighted by Crippen LogP contribution is 2.04. The van der Waals surface area contributed by atoms with Crippen LogP contribution in [0.3, 0.4) is 0 Å². The molecule has 0 saturated heterocycles. The van der Waals surface area contributed by atoms with Gasteiger partial charge >= 0.3 is 0 Å². The molecule has 1 rings (SSSR count). The molecule has 15 heavy (non-hydrogen) atoms. The molecule has 86 valence electrons. The number of aryl methyl sites for hydroxylation is 1. The van der Waals surface area contributed by atoms with Crippen LogP contribution in [-0.2, 0) is 17.8 Å². The van der Waals surface area contributed by atoms with Gasteiger partial charge in [0.05, 0.1) is 6.61 Å². The summed E-state index contributed by atoms with van der Waals surface area (Å²) in [5.41, 5.74) is 1.36. The van der Waals surface area contributed by atoms with Crippen LogP contribution in [0.5, 0.6) is 0 Å². The molecule has 3 nitrogen and oxygen atoms in total. The van der Waals surface area contributed by atoms with Crippen LogP contribution in [0.1, 0.15) is 25.5 Å². The van der Waals surface area contributed by atoms with Gasteiger partial charge in [0, 0.05) is 38.6 Å². The van der Waals surface area contributed by atoms with Crippen molar-refractivity contribution < 1.29 is 4.74 Å². The number of aromatic nitrogens is 1. The first-order valence-electron chi connectivity index (χ1n) is 5.72. The summed E-state index contributed by atoms with van der Waals surface area (Å²) in [6.07, 6.45) is 4.65. The summed E-state index contributed by atoms with van der Waals surface area (Å²) in [6, 6.07) is 4.29. The van der Waals surface area contributed by atoms with Gasteiger partial charge in [-0.2, -0.15) is 0 Å². The third-order valence-electron chi connectivity index (χ3n) is 2.47. The minimum Gasteiger partial charge on any atom is -0.383 e. The highest BCUT2D eigenvalue weighted by atomic mass is 16.5. The summed E-state index contributed by atoms with van der Waals surface area (Å²) < 4.78 is 7.31. The van der Waals surface area contributed by atoms with Crippen molar-refractivity contribution in [1.82, 2.24) is 9.88 Å². The predicted octanol–water partition coefficient (Wildman–Crippen LogP) is 2.02. The van der Waals surface area contributed by atoms with E-state index in [9.17, 15) is 0 Å². The largest absolute Gasteiger partial charge is 0.383 e. The Morgan fingerprint density at radius 2 is 2.33 bits per heavy atom. The number of hydrogen-bond donors (Lipinski definition) is 1. The molecular formula is C12H22N2O. The fourth-order valence-electron chi connectivity index (χ4n) is 1.55. The Labute approximate surface area is 92.4 Å². The summed E-state index contributed by atoms with van der Waals surface area (Å²) in [6.45, 7) is 5.97. The van der Waals surface area contributed by atoms with Crippen molar-refractivity contribution in [3.05, 3.63) is 24.0 Å². The maximum atomic E-state index is 4.99. The van der Waals surface area contributed by atoms with E-state index in [0.717, 1.165) is 26.2 Å². The second-order valence-electron chi connectivity index (χ2n) is 3.72. The molecule has 0 spiro atoms. The van der Waals surface area contributed by atoms with Crippen molar-refractivity contribution in [3.8, 4) is 0 Å². The molecule has 0 saturated carbocycles. The maximum absolute atomic E-state index is 4.99. The first-order valence-corrected chi connectivity index (χ1v) is 5.72. The van der Waals surface area contributed by atoms with Crippen molar-refractivity contribution in [2.45, 2.75) is 32.9 Å². The Balaban J connectivity index is 2.29. The number of nitrogens with zero attached hydrogens (tertiary/aromatic N) is 1. The Hall–Kier alpha value is -0.800. The van der Waals surface area contributed by atoms with E-state index >= 15 is 0 Å². The molecule has 0 amide bonds. The summed E-state index contributed by atoms with van der Waals surface area (Å²) in [5, 5.41) is 3.36. The summed E-state index contributed by atoms with van der Waals surface area (Å²) in [4.78, 5) is 0. The van der Waals surface area contributed by atoms with Crippen molar-refractivity contribution >= 4 is 0 Å². The lowest BCUT2D eigenvalue weighted by Gasteiger charge is -2.09. The molecule has 3 heteroatoms. The number of ether oxygens (including phenoxy) is 1. The van der Waals surface area contributed by atoms with Crippen molar-refractivity contribution in [2.75, 3.05) is 20.3 Å². The smallest absolute Gasteiger partial charge is 0.0587 e. The molecule has 0 atom stereocenters. The predicted molar refractivity (Wildman–Crippen MR) is 62.9 cm³/mol. The molecule has 0 aromatic carbocycles. The van der Waals surface area contributed by atoms with Gasteiger partial charge in [-0.05, 0) is 18.6 Å². The van der Waals surface area contributed by atoms with Crippen LogP contribution in [0.4, 0.5) is 0 Å². The average molecular weight is 210 g/mol. The number of nitrogens with one attached hydrogen (secondary N) is 1. The Bertz CT molecular complexity index is 258. The van der Waals surface area contributed by atoms with E-state index in [4.69, 9.17) is 4.74 Å². The minimum atomic E-state index is 0.773. The van der Waals surface area contributed by atoms with Gasteiger partial charge in [-0.25, -0.2) is 0 Å². The molecule has 0 bridgehead atoms. The summed E-state index contributed by atoms with van der Waals surface area (Å²) >= 11 is 0. The second-order valence-corrected chi connectivity index (χ2v) is 3.72. The average Bonchev–Trinajstić information content (AvgIpc) is 2.69. The summed E-state index contributed by atoms with van der Waals surface area (Å²) in [5.74, 6) is 0. The molecule has 0 fully saturated rings. The molecule has 0 aliphatic rings. The van der Waals surface area contributed by atoms with E-state index < -0.39 is 0 Å². The quantitative estimate of drug-likeness (QED) is 0.664. The van der Waals surface area contributed by atoms with Crippen LogP contribution in [0, 0.1) is 0 Å². The molecular weight excluding hydrogens is 188 g/mol. The standard InChI is InChI=1S/C12H22N2O/c1-3-4-8-14-9-5-6-12(14)11-13-7-10-15-2/h5-6,9,13H,3-4,7-8,10-11H2,1-2H3. The number of rotatable bonds is 8. The number of methoxy groups -OCH3 is 1. The lowest BCUT2D eigenvalue weighted by atomic mass is 10.3. The highest BCUT2D eigenvalue weighted by molar-refractivity contribution is 5.06. The van der Waals surface area contributed by atoms with E-state index in [-0.39, 0.29) is 0 Å². The highest BCUT2D eigenvalue weighted by Gasteiger charge is 1.99. The van der Waals surface area contributed by atoms with Crippen molar-refractivity contribution in [3.63, 3.8) is 0 Å². The summed E-state index contributed by atoms with van der Waals surface area (Å²) in [7, 11) is 1.73. The second kappa shape index (κ2) is 7.49. The fourth-order valence-corrected chi connectivity index (χ4v) is 1.55. The van der Waals surface area contributed by atoms with Crippen LogP contribution >= 0.6 is 0 Å². The molecule has 0 unspecified atom stereocenters. The normalized spacial score (nSPS) is 10.8. The number of unbranched alkanes of at least 4 members (excludes halogenated alkanes) is 1. The zero-order valence-corrected chi connectivity index (χ0v) is 9.83. The van der Waals surface area contributed by atoms with Crippen LogP contribution in [-0.4, -0.2) is 24.8 Å². The van der Waals surface area contributed by atoms with Gasteiger partial charge in [-0.3, -0.25) is 0 Å². The van der Waals surface area contributed by atoms with E-state index in [1.807, 2.05) is 0 Å². The monoisotopic (exact) mass is 210 g/mol.